The lowest BCUT2D eigenvalue weighted by atomic mass is 10.6. The first kappa shape index (κ1) is 6.35. The molecule has 0 bridgehead atoms. The Hall–Kier alpha value is -0.770. The first-order chi connectivity index (χ1) is 4.13. The van der Waals surface area contributed by atoms with Crippen LogP contribution in [0.3, 0.4) is 0 Å². The minimum Gasteiger partial charge on any atom is -0.303 e. The van der Waals surface area contributed by atoms with Crippen LogP contribution in [0.25, 0.3) is 0 Å². The Labute approximate surface area is 56.8 Å². The minimum atomic E-state index is -0.836. The first-order valence-corrected chi connectivity index (χ1v) is 2.78. The van der Waals surface area contributed by atoms with Gasteiger partial charge in [0.25, 0.3) is 5.91 Å². The Balaban J connectivity index is 2.77. The number of nitrogens with one attached hydrogen (secondary N) is 1. The fourth-order valence-corrected chi connectivity index (χ4v) is 0.675. The predicted octanol–water partition coefficient (Wildman–Crippen LogP) is -0.267. The van der Waals surface area contributed by atoms with Gasteiger partial charge in [-0.25, -0.2) is 4.79 Å². The molecule has 1 fully saturated rings. The van der Waals surface area contributed by atoms with E-state index < -0.39 is 17.4 Å². The summed E-state index contributed by atoms with van der Waals surface area (Å²) in [5, 5.41) is 2.03. The number of imide groups is 1. The zero-order valence-corrected chi connectivity index (χ0v) is 5.47. The summed E-state index contributed by atoms with van der Waals surface area (Å²) in [7, 11) is 1.46. The van der Waals surface area contributed by atoms with E-state index in [0.29, 0.717) is 0 Å². The van der Waals surface area contributed by atoms with Crippen LogP contribution in [-0.2, 0) is 4.79 Å². The quantitative estimate of drug-likeness (QED) is 0.292. The zero-order valence-electron chi connectivity index (χ0n) is 4.72. The third kappa shape index (κ3) is 0.853. The highest BCUT2D eigenvalue weighted by molar-refractivity contribution is 6.34. The molecule has 0 aromatic carbocycles. The number of hydrogen-bond acceptors (Lipinski definition) is 2. The molecule has 3 amide bonds. The number of amides is 3. The lowest BCUT2D eigenvalue weighted by Crippen LogP contribution is -2.26. The highest BCUT2D eigenvalue weighted by atomic mass is 35.5. The molecule has 0 aromatic heterocycles. The Morgan fingerprint density at radius 1 is 1.67 bits per heavy atom. The molecule has 0 aliphatic carbocycles. The van der Waals surface area contributed by atoms with E-state index in [1.54, 1.807) is 0 Å². The maximum atomic E-state index is 10.5. The number of urea groups is 1. The largest absolute Gasteiger partial charge is 0.325 e. The number of nitrogens with zero attached hydrogens (tertiary/aromatic N) is 1. The van der Waals surface area contributed by atoms with Crippen LogP contribution in [0, 0.1) is 0 Å². The molecule has 0 radical (unpaired) electrons. The van der Waals surface area contributed by atoms with E-state index in [4.69, 9.17) is 11.6 Å². The molecule has 1 aliphatic rings. The second kappa shape index (κ2) is 1.88. The van der Waals surface area contributed by atoms with Crippen molar-refractivity contribution >= 4 is 23.5 Å². The van der Waals surface area contributed by atoms with Crippen LogP contribution in [0.15, 0.2) is 0 Å². The summed E-state index contributed by atoms with van der Waals surface area (Å²) in [6, 6.07) is -0.444. The number of likely N-dealkylation sites (N-methyl/N-ethyl adjacent to an activating group) is 1. The highest BCUT2D eigenvalue weighted by Gasteiger charge is 2.33. The van der Waals surface area contributed by atoms with Gasteiger partial charge in [-0.15, -0.1) is 0 Å². The maximum Gasteiger partial charge on any atom is 0.325 e. The lowest BCUT2D eigenvalue weighted by molar-refractivity contribution is -0.119. The summed E-state index contributed by atoms with van der Waals surface area (Å²) in [5.41, 5.74) is -0.836. The molecule has 4 nitrogen and oxygen atoms in total. The van der Waals surface area contributed by atoms with Crippen molar-refractivity contribution in [2.75, 3.05) is 7.05 Å². The van der Waals surface area contributed by atoms with Crippen molar-refractivity contribution < 1.29 is 9.59 Å². The smallest absolute Gasteiger partial charge is 0.303 e. The summed E-state index contributed by atoms with van der Waals surface area (Å²) >= 11 is 5.40. The van der Waals surface area contributed by atoms with Crippen molar-refractivity contribution in [1.29, 1.82) is 0 Å². The monoisotopic (exact) mass is 148 g/mol. The van der Waals surface area contributed by atoms with Gasteiger partial charge < -0.3 is 4.90 Å². The Bertz CT molecular complexity index is 152. The Morgan fingerprint density at radius 3 is 2.33 bits per heavy atom. The summed E-state index contributed by atoms with van der Waals surface area (Å²) in [5.74, 6) is -0.454. The molecule has 5 heteroatoms. The van der Waals surface area contributed by atoms with E-state index in [2.05, 4.69) is 0 Å². The van der Waals surface area contributed by atoms with Crippen LogP contribution < -0.4 is 5.32 Å². The third-order valence-electron chi connectivity index (χ3n) is 1.11. The van der Waals surface area contributed by atoms with Gasteiger partial charge in [0.05, 0.1) is 0 Å². The van der Waals surface area contributed by atoms with Crippen LogP contribution in [0.5, 0.6) is 0 Å². The molecular formula is C4H5ClN2O2. The molecule has 0 aromatic rings. The van der Waals surface area contributed by atoms with Crippen molar-refractivity contribution in [3.05, 3.63) is 0 Å². The molecule has 9 heavy (non-hydrogen) atoms. The van der Waals surface area contributed by atoms with Gasteiger partial charge in [0.2, 0.25) is 0 Å². The Kier molecular flexibility index (Phi) is 1.32. The number of halogens is 1. The normalized spacial score (nSPS) is 26.9. The first-order valence-electron chi connectivity index (χ1n) is 2.34. The fraction of sp³-hybridized carbons (Fsp3) is 0.500. The number of carbonyl (C=O) groups excluding carboxylic acids is 2. The predicted molar refractivity (Wildman–Crippen MR) is 30.9 cm³/mol. The molecule has 1 N–H and O–H groups in total. The van der Waals surface area contributed by atoms with Gasteiger partial charge in [-0.1, -0.05) is 11.6 Å². The summed E-state index contributed by atoms with van der Waals surface area (Å²) < 4.78 is 0. The number of alkyl halides is 1. The summed E-state index contributed by atoms with van der Waals surface area (Å²) in [4.78, 5) is 22.1. The van der Waals surface area contributed by atoms with Crippen LogP contribution >= 0.6 is 11.6 Å². The van der Waals surface area contributed by atoms with E-state index in [1.807, 2.05) is 5.32 Å². The molecule has 1 unspecified atom stereocenters. The van der Waals surface area contributed by atoms with Gasteiger partial charge in [0.1, 0.15) is 0 Å². The second-order valence-corrected chi connectivity index (χ2v) is 2.15. The average Bonchev–Trinajstić information content (AvgIpc) is 1.98. The van der Waals surface area contributed by atoms with Crippen LogP contribution in [0.2, 0.25) is 0 Å². The number of hydrogen-bond donors (Lipinski definition) is 1. The van der Waals surface area contributed by atoms with Gasteiger partial charge >= 0.3 is 6.03 Å². The number of carbonyl (C=O) groups is 2. The summed E-state index contributed by atoms with van der Waals surface area (Å²) in [6.07, 6.45) is 0. The summed E-state index contributed by atoms with van der Waals surface area (Å²) in [6.45, 7) is 0. The fourth-order valence-electron chi connectivity index (χ4n) is 0.532. The van der Waals surface area contributed by atoms with E-state index in [0.717, 1.165) is 4.90 Å². The molecule has 1 aliphatic heterocycles. The molecule has 1 atom stereocenters. The Morgan fingerprint density at radius 2 is 2.22 bits per heavy atom. The van der Waals surface area contributed by atoms with E-state index in [-0.39, 0.29) is 0 Å². The van der Waals surface area contributed by atoms with Crippen LogP contribution in [0.1, 0.15) is 0 Å². The van der Waals surface area contributed by atoms with Gasteiger partial charge in [0, 0.05) is 7.05 Å². The topological polar surface area (TPSA) is 49.4 Å². The van der Waals surface area contributed by atoms with E-state index >= 15 is 0 Å². The van der Waals surface area contributed by atoms with Gasteiger partial charge in [-0.3, -0.25) is 10.1 Å². The van der Waals surface area contributed by atoms with Crippen LogP contribution in [0.4, 0.5) is 4.79 Å². The molecule has 50 valence electrons. The molecule has 0 saturated carbocycles. The molecule has 0 spiro atoms. The van der Waals surface area contributed by atoms with Gasteiger partial charge in [-0.2, -0.15) is 0 Å². The molecule has 1 heterocycles. The van der Waals surface area contributed by atoms with Gasteiger partial charge in [-0.05, 0) is 0 Å². The lowest BCUT2D eigenvalue weighted by Gasteiger charge is -2.06. The molecule has 1 saturated heterocycles. The van der Waals surface area contributed by atoms with E-state index in [9.17, 15) is 9.59 Å². The van der Waals surface area contributed by atoms with Crippen LogP contribution in [-0.4, -0.2) is 29.4 Å². The van der Waals surface area contributed by atoms with Gasteiger partial charge in [0.15, 0.2) is 5.50 Å². The standard InChI is InChI=1S/C4H5ClN2O2/c1-7-2(5)3(8)6-4(7)9/h2H,1H3,(H,6,8,9). The van der Waals surface area contributed by atoms with Crippen molar-refractivity contribution in [2.24, 2.45) is 0 Å². The number of rotatable bonds is 0. The second-order valence-electron chi connectivity index (χ2n) is 1.74. The maximum absolute atomic E-state index is 10.5. The SMILES string of the molecule is CN1C(=O)NC(=O)C1Cl. The highest BCUT2D eigenvalue weighted by Crippen LogP contribution is 2.08. The van der Waals surface area contributed by atoms with Crippen molar-refractivity contribution in [1.82, 2.24) is 10.2 Å². The van der Waals surface area contributed by atoms with Crippen molar-refractivity contribution in [3.8, 4) is 0 Å². The molecular weight excluding hydrogens is 144 g/mol. The minimum absolute atomic E-state index is 0.444. The average molecular weight is 149 g/mol. The molecule has 1 rings (SSSR count). The van der Waals surface area contributed by atoms with Crippen molar-refractivity contribution in [2.45, 2.75) is 5.50 Å². The zero-order chi connectivity index (χ0) is 7.02. The third-order valence-corrected chi connectivity index (χ3v) is 1.60. The van der Waals surface area contributed by atoms with E-state index in [1.165, 1.54) is 7.05 Å². The van der Waals surface area contributed by atoms with Crippen molar-refractivity contribution in [3.63, 3.8) is 0 Å².